The minimum Gasteiger partial charge on any atom is -0.311 e. The quantitative estimate of drug-likeness (QED) is 0.0662. The van der Waals surface area contributed by atoms with Gasteiger partial charge in [-0.3, -0.25) is 0 Å². The summed E-state index contributed by atoms with van der Waals surface area (Å²) in [5.41, 5.74) is 14.4. The van der Waals surface area contributed by atoms with Crippen LogP contribution in [0.25, 0.3) is 51.5 Å². The Labute approximate surface area is 482 Å². The van der Waals surface area contributed by atoms with Crippen LogP contribution < -0.4 is 9.80 Å². The van der Waals surface area contributed by atoms with Crippen molar-refractivity contribution in [1.29, 1.82) is 0 Å². The fourth-order valence-electron chi connectivity index (χ4n) is 10.3. The standard InChI is InChI=1S/C72H76N2S4/c1-9-11-13-15-17-63-43-45-67(75-63)69-49-47-65(77-69)53-23-35-59(36-24-53)73(61-39-27-55(28-40-61)71(3,4)5)57-31-19-51(20-32-57)52-21-33-58(34-22-52)74(62-41-29-56(30-42-62)72(6,7)8)60-37-25-54(26-38-60)66-48-50-70(78-66)68-46-44-64(76-68)18-16-14-12-10-2/h19-50H,9-18H2,1-8H3. The van der Waals surface area contributed by atoms with Gasteiger partial charge in [0.05, 0.1) is 0 Å². The molecular formula is C72H76N2S4. The predicted octanol–water partition coefficient (Wildman–Crippen LogP) is 24.0. The van der Waals surface area contributed by atoms with Crippen molar-refractivity contribution in [1.82, 2.24) is 0 Å². The third-order valence-electron chi connectivity index (χ3n) is 15.0. The van der Waals surface area contributed by atoms with Crippen LogP contribution in [-0.4, -0.2) is 0 Å². The third-order valence-corrected chi connectivity index (χ3v) is 19.9. The topological polar surface area (TPSA) is 6.48 Å². The van der Waals surface area contributed by atoms with Gasteiger partial charge in [-0.25, -0.2) is 0 Å². The number of aryl methyl sites for hydroxylation is 2. The van der Waals surface area contributed by atoms with Gasteiger partial charge in [0.25, 0.3) is 0 Å². The molecule has 0 spiro atoms. The lowest BCUT2D eigenvalue weighted by molar-refractivity contribution is 0.590. The number of thiophene rings is 4. The summed E-state index contributed by atoms with van der Waals surface area (Å²) in [6, 6.07) is 73.2. The summed E-state index contributed by atoms with van der Waals surface area (Å²) >= 11 is 7.71. The third kappa shape index (κ3) is 13.2. The fourth-order valence-corrected chi connectivity index (χ4v) is 14.6. The molecule has 6 heteroatoms. The lowest BCUT2D eigenvalue weighted by Gasteiger charge is -2.27. The van der Waals surface area contributed by atoms with Gasteiger partial charge >= 0.3 is 0 Å². The summed E-state index contributed by atoms with van der Waals surface area (Å²) in [6.07, 6.45) is 12.8. The van der Waals surface area contributed by atoms with E-state index in [4.69, 9.17) is 0 Å². The van der Waals surface area contributed by atoms with E-state index >= 15 is 0 Å². The van der Waals surface area contributed by atoms with Crippen molar-refractivity contribution in [3.8, 4) is 51.5 Å². The largest absolute Gasteiger partial charge is 0.311 e. The van der Waals surface area contributed by atoms with Crippen LogP contribution in [-0.2, 0) is 23.7 Å². The molecule has 78 heavy (non-hydrogen) atoms. The normalized spacial score (nSPS) is 11.8. The van der Waals surface area contributed by atoms with Crippen molar-refractivity contribution >= 4 is 79.5 Å². The minimum absolute atomic E-state index is 0.0665. The SMILES string of the molecule is CCCCCCc1ccc(-c2ccc(-c3ccc(N(c4ccc(-c5ccc(N(c6ccc(-c7ccc(-c8ccc(CCCCCC)s8)s7)cc6)c6ccc(C(C)(C)C)cc6)cc5)cc4)c4ccc(C(C)(C)C)cc4)cc3)s2)s1. The van der Waals surface area contributed by atoms with Crippen LogP contribution >= 0.6 is 45.3 Å². The first-order valence-electron chi connectivity index (χ1n) is 28.4. The van der Waals surface area contributed by atoms with Gasteiger partial charge in [0.15, 0.2) is 0 Å². The minimum atomic E-state index is 0.0665. The van der Waals surface area contributed by atoms with E-state index in [1.807, 2.05) is 45.3 Å². The molecule has 0 N–H and O–H groups in total. The molecule has 10 rings (SSSR count). The number of rotatable bonds is 21. The van der Waals surface area contributed by atoms with Crippen LogP contribution in [0.1, 0.15) is 128 Å². The molecule has 6 aromatic carbocycles. The second kappa shape index (κ2) is 24.8. The molecule has 0 aliphatic carbocycles. The zero-order valence-corrected chi connectivity index (χ0v) is 50.3. The maximum Gasteiger partial charge on any atom is 0.0462 e. The molecule has 0 aliphatic rings. The average Bonchev–Trinajstić information content (AvgIpc) is 4.34. The number of unbranched alkanes of at least 4 members (excludes halogenated alkanes) is 6. The van der Waals surface area contributed by atoms with Crippen molar-refractivity contribution < 1.29 is 0 Å². The molecule has 0 saturated heterocycles. The molecule has 4 aromatic heterocycles. The van der Waals surface area contributed by atoms with Gasteiger partial charge in [0, 0.05) is 73.1 Å². The number of hydrogen-bond acceptors (Lipinski definition) is 6. The van der Waals surface area contributed by atoms with Gasteiger partial charge in [-0.15, -0.1) is 45.3 Å². The highest BCUT2D eigenvalue weighted by molar-refractivity contribution is 7.24. The van der Waals surface area contributed by atoms with E-state index in [1.54, 1.807) is 0 Å². The first-order valence-corrected chi connectivity index (χ1v) is 31.7. The van der Waals surface area contributed by atoms with Gasteiger partial charge in [-0.05, 0) is 191 Å². The molecule has 0 radical (unpaired) electrons. The van der Waals surface area contributed by atoms with Crippen molar-refractivity contribution in [3.63, 3.8) is 0 Å². The van der Waals surface area contributed by atoms with Crippen LogP contribution in [0.2, 0.25) is 0 Å². The van der Waals surface area contributed by atoms with Gasteiger partial charge in [-0.2, -0.15) is 0 Å². The van der Waals surface area contributed by atoms with Crippen LogP contribution in [0.3, 0.4) is 0 Å². The summed E-state index contributed by atoms with van der Waals surface area (Å²) in [4.78, 5) is 15.8. The molecule has 0 bridgehead atoms. The molecule has 0 fully saturated rings. The molecule has 2 nitrogen and oxygen atoms in total. The lowest BCUT2D eigenvalue weighted by Crippen LogP contribution is -2.13. The Kier molecular flexibility index (Phi) is 17.5. The Morgan fingerprint density at radius 1 is 0.269 bits per heavy atom. The van der Waals surface area contributed by atoms with Crippen molar-refractivity contribution in [2.24, 2.45) is 0 Å². The lowest BCUT2D eigenvalue weighted by atomic mass is 9.87. The number of benzene rings is 6. The molecule has 10 aromatic rings. The van der Waals surface area contributed by atoms with Crippen LogP contribution in [0.5, 0.6) is 0 Å². The maximum absolute atomic E-state index is 2.39. The summed E-state index contributed by atoms with van der Waals surface area (Å²) in [7, 11) is 0. The molecule has 0 unspecified atom stereocenters. The number of anilines is 6. The second-order valence-electron chi connectivity index (χ2n) is 22.9. The Morgan fingerprint density at radius 2 is 0.538 bits per heavy atom. The molecule has 4 heterocycles. The highest BCUT2D eigenvalue weighted by atomic mass is 32.1. The maximum atomic E-state index is 2.39. The monoisotopic (exact) mass is 1100 g/mol. The second-order valence-corrected chi connectivity index (χ2v) is 27.4. The van der Waals surface area contributed by atoms with Crippen molar-refractivity contribution in [2.75, 3.05) is 9.80 Å². The Morgan fingerprint density at radius 3 is 0.846 bits per heavy atom. The van der Waals surface area contributed by atoms with E-state index in [-0.39, 0.29) is 10.8 Å². The molecule has 398 valence electrons. The van der Waals surface area contributed by atoms with E-state index < -0.39 is 0 Å². The Hall–Kier alpha value is -6.28. The van der Waals surface area contributed by atoms with Crippen molar-refractivity contribution in [3.05, 3.63) is 215 Å². The summed E-state index contributed by atoms with van der Waals surface area (Å²) in [5, 5.41) is 0. The van der Waals surface area contributed by atoms with E-state index in [2.05, 4.69) is 259 Å². The summed E-state index contributed by atoms with van der Waals surface area (Å²) in [6.45, 7) is 18.2. The highest BCUT2D eigenvalue weighted by Crippen LogP contribution is 2.44. The van der Waals surface area contributed by atoms with Crippen LogP contribution in [0.15, 0.2) is 194 Å². The van der Waals surface area contributed by atoms with Gasteiger partial charge < -0.3 is 9.80 Å². The van der Waals surface area contributed by atoms with E-state index in [0.29, 0.717) is 0 Å². The van der Waals surface area contributed by atoms with Gasteiger partial charge in [0.2, 0.25) is 0 Å². The van der Waals surface area contributed by atoms with Gasteiger partial charge in [-0.1, -0.05) is 167 Å². The predicted molar refractivity (Wildman–Crippen MR) is 348 cm³/mol. The fraction of sp³-hybridized carbons (Fsp3) is 0.278. The Balaban J connectivity index is 0.889. The van der Waals surface area contributed by atoms with Crippen LogP contribution in [0.4, 0.5) is 34.1 Å². The molecule has 0 saturated carbocycles. The average molecular weight is 1100 g/mol. The van der Waals surface area contributed by atoms with Crippen LogP contribution in [0, 0.1) is 0 Å². The van der Waals surface area contributed by atoms with E-state index in [0.717, 1.165) is 34.1 Å². The number of nitrogens with zero attached hydrogens (tertiary/aromatic N) is 2. The number of hydrogen-bond donors (Lipinski definition) is 0. The van der Waals surface area contributed by atoms with E-state index in [1.165, 1.54) is 137 Å². The summed E-state index contributed by atoms with van der Waals surface area (Å²) in [5.74, 6) is 0. The Bertz CT molecular complexity index is 3230. The van der Waals surface area contributed by atoms with Gasteiger partial charge in [0.1, 0.15) is 0 Å². The van der Waals surface area contributed by atoms with E-state index in [9.17, 15) is 0 Å². The summed E-state index contributed by atoms with van der Waals surface area (Å²) < 4.78 is 0. The zero-order chi connectivity index (χ0) is 54.2. The first-order chi connectivity index (χ1) is 37.8. The molecule has 0 atom stereocenters. The van der Waals surface area contributed by atoms with Crippen molar-refractivity contribution in [2.45, 2.75) is 130 Å². The highest BCUT2D eigenvalue weighted by Gasteiger charge is 2.20. The molecule has 0 aliphatic heterocycles. The first kappa shape index (κ1) is 55.1. The molecule has 0 amide bonds. The zero-order valence-electron chi connectivity index (χ0n) is 47.1. The molecular weight excluding hydrogens is 1020 g/mol. The smallest absolute Gasteiger partial charge is 0.0462 e.